The molecule has 22 heavy (non-hydrogen) atoms. The van der Waals surface area contributed by atoms with E-state index < -0.39 is 30.7 Å². The van der Waals surface area contributed by atoms with Gasteiger partial charge in [-0.05, 0) is 33.6 Å². The molecule has 0 saturated carbocycles. The average Bonchev–Trinajstić information content (AvgIpc) is 2.47. The first-order chi connectivity index (χ1) is 10.4. The molecule has 0 amide bonds. The van der Waals surface area contributed by atoms with E-state index in [4.69, 9.17) is 14.2 Å². The van der Waals surface area contributed by atoms with Crippen LogP contribution >= 0.6 is 0 Å². The van der Waals surface area contributed by atoms with Gasteiger partial charge in [0.25, 0.3) is 0 Å². The molecule has 1 heterocycles. The van der Waals surface area contributed by atoms with Crippen LogP contribution in [0.1, 0.15) is 33.6 Å². The van der Waals surface area contributed by atoms with E-state index in [1.54, 1.807) is 26.8 Å². The lowest BCUT2D eigenvalue weighted by molar-refractivity contribution is -0.302. The van der Waals surface area contributed by atoms with Gasteiger partial charge in [-0.25, -0.2) is 4.79 Å². The fraction of sp³-hybridized carbons (Fsp3) is 0.800. The van der Waals surface area contributed by atoms with Crippen LogP contribution in [0.25, 0.3) is 0 Å². The van der Waals surface area contributed by atoms with Gasteiger partial charge in [-0.2, -0.15) is 0 Å². The lowest BCUT2D eigenvalue weighted by Crippen LogP contribution is -2.57. The molecule has 0 spiro atoms. The van der Waals surface area contributed by atoms with Crippen molar-refractivity contribution >= 4 is 5.97 Å². The number of hydrogen-bond donors (Lipinski definition) is 3. The Hall–Kier alpha value is -0.990. The van der Waals surface area contributed by atoms with E-state index in [0.717, 1.165) is 0 Å². The summed E-state index contributed by atoms with van der Waals surface area (Å²) in [4.78, 5) is 11.1. The molecule has 1 rings (SSSR count). The predicted molar refractivity (Wildman–Crippen MR) is 77.9 cm³/mol. The quantitative estimate of drug-likeness (QED) is 0.452. The van der Waals surface area contributed by atoms with Crippen molar-refractivity contribution in [2.45, 2.75) is 70.4 Å². The summed E-state index contributed by atoms with van der Waals surface area (Å²) in [6, 6.07) is 0. The Morgan fingerprint density at radius 3 is 2.59 bits per heavy atom. The smallest absolute Gasteiger partial charge is 0.330 e. The lowest BCUT2D eigenvalue weighted by atomic mass is 10.00. The number of esters is 1. The summed E-state index contributed by atoms with van der Waals surface area (Å²) in [5, 5.41) is 29.1. The zero-order valence-electron chi connectivity index (χ0n) is 13.2. The van der Waals surface area contributed by atoms with E-state index in [-0.39, 0.29) is 12.1 Å². The molecule has 7 nitrogen and oxygen atoms in total. The first-order valence-electron chi connectivity index (χ1n) is 7.55. The summed E-state index contributed by atoms with van der Waals surface area (Å²) >= 11 is 0. The molecule has 2 unspecified atom stereocenters. The largest absolute Gasteiger partial charge is 0.463 e. The highest BCUT2D eigenvalue weighted by atomic mass is 16.7. The highest BCUT2D eigenvalue weighted by Gasteiger charge is 2.42. The molecule has 3 N–H and O–H groups in total. The van der Waals surface area contributed by atoms with Gasteiger partial charge in [0.2, 0.25) is 0 Å². The first-order valence-corrected chi connectivity index (χ1v) is 7.55. The number of rotatable bonds is 7. The van der Waals surface area contributed by atoms with Gasteiger partial charge in [0.15, 0.2) is 6.29 Å². The maximum Gasteiger partial charge on any atom is 0.330 e. The van der Waals surface area contributed by atoms with Crippen molar-refractivity contribution in [1.29, 1.82) is 0 Å². The maximum atomic E-state index is 11.1. The fourth-order valence-electron chi connectivity index (χ4n) is 2.12. The Balaban J connectivity index is 2.35. The van der Waals surface area contributed by atoms with E-state index in [2.05, 4.69) is 0 Å². The molecule has 1 saturated heterocycles. The third-order valence-electron chi connectivity index (χ3n) is 3.46. The normalized spacial score (nSPS) is 33.8. The summed E-state index contributed by atoms with van der Waals surface area (Å²) in [5.41, 5.74) is 0. The molecule has 1 aliphatic heterocycles. The maximum absolute atomic E-state index is 11.1. The number of ether oxygens (including phenoxy) is 3. The number of hydrogen-bond acceptors (Lipinski definition) is 7. The number of aliphatic hydroxyl groups excluding tert-OH is 3. The summed E-state index contributed by atoms with van der Waals surface area (Å²) in [5.74, 6) is -0.381. The van der Waals surface area contributed by atoms with Gasteiger partial charge in [-0.3, -0.25) is 0 Å². The molecule has 1 fully saturated rings. The van der Waals surface area contributed by atoms with E-state index in [9.17, 15) is 20.1 Å². The summed E-state index contributed by atoms with van der Waals surface area (Å²) < 4.78 is 15.7. The topological polar surface area (TPSA) is 105 Å². The van der Waals surface area contributed by atoms with Crippen molar-refractivity contribution in [3.05, 3.63) is 12.2 Å². The monoisotopic (exact) mass is 318 g/mol. The van der Waals surface area contributed by atoms with Gasteiger partial charge >= 0.3 is 5.97 Å². The number of aliphatic hydroxyl groups is 3. The molecule has 1 aliphatic rings. The van der Waals surface area contributed by atoms with Crippen LogP contribution in [0.2, 0.25) is 0 Å². The van der Waals surface area contributed by atoms with Crippen LogP contribution < -0.4 is 0 Å². The van der Waals surface area contributed by atoms with Crippen molar-refractivity contribution in [3.8, 4) is 0 Å². The van der Waals surface area contributed by atoms with Crippen molar-refractivity contribution < 1.29 is 34.3 Å². The second-order valence-corrected chi connectivity index (χ2v) is 5.36. The second-order valence-electron chi connectivity index (χ2n) is 5.36. The summed E-state index contributed by atoms with van der Waals surface area (Å²) in [6.07, 6.45) is -1.34. The third kappa shape index (κ3) is 5.66. The Morgan fingerprint density at radius 1 is 1.27 bits per heavy atom. The van der Waals surface area contributed by atoms with Crippen LogP contribution in [0.3, 0.4) is 0 Å². The van der Waals surface area contributed by atoms with Gasteiger partial charge in [0.05, 0.1) is 18.8 Å². The SMILES string of the molecule is CCOC(=O)/C=C/CC[C@@H](C)OC1O[C@@H](C)C(O)[C@@H](O)[C@H]1O. The molecule has 0 aromatic heterocycles. The zero-order valence-corrected chi connectivity index (χ0v) is 13.2. The average molecular weight is 318 g/mol. The Morgan fingerprint density at radius 2 is 1.95 bits per heavy atom. The van der Waals surface area contributed by atoms with Crippen molar-refractivity contribution in [3.63, 3.8) is 0 Å². The van der Waals surface area contributed by atoms with Crippen molar-refractivity contribution in [2.75, 3.05) is 6.61 Å². The van der Waals surface area contributed by atoms with Crippen molar-refractivity contribution in [2.24, 2.45) is 0 Å². The van der Waals surface area contributed by atoms with E-state index in [1.165, 1.54) is 6.08 Å². The van der Waals surface area contributed by atoms with Gasteiger partial charge < -0.3 is 29.5 Å². The Bertz CT molecular complexity index is 371. The van der Waals surface area contributed by atoms with Crippen molar-refractivity contribution in [1.82, 2.24) is 0 Å². The molecule has 0 radical (unpaired) electrons. The fourth-order valence-corrected chi connectivity index (χ4v) is 2.12. The van der Waals surface area contributed by atoms with Crippen LogP contribution in [-0.4, -0.2) is 64.7 Å². The highest BCUT2D eigenvalue weighted by molar-refractivity contribution is 5.81. The van der Waals surface area contributed by atoms with E-state index >= 15 is 0 Å². The number of carbonyl (C=O) groups excluding carboxylic acids is 1. The van der Waals surface area contributed by atoms with Crippen LogP contribution in [0, 0.1) is 0 Å². The van der Waals surface area contributed by atoms with Gasteiger partial charge in [-0.15, -0.1) is 0 Å². The molecule has 0 aromatic carbocycles. The Labute approximate surface area is 130 Å². The minimum absolute atomic E-state index is 0.249. The minimum Gasteiger partial charge on any atom is -0.463 e. The van der Waals surface area contributed by atoms with Crippen LogP contribution in [0.4, 0.5) is 0 Å². The van der Waals surface area contributed by atoms with E-state index in [0.29, 0.717) is 19.4 Å². The zero-order chi connectivity index (χ0) is 16.7. The first kappa shape index (κ1) is 19.1. The van der Waals surface area contributed by atoms with Gasteiger partial charge in [0, 0.05) is 6.08 Å². The molecule has 7 heteroatoms. The van der Waals surface area contributed by atoms with E-state index in [1.807, 2.05) is 0 Å². The standard InChI is InChI=1S/C15H26O7/c1-4-20-11(16)8-6-5-7-9(2)21-15-14(19)13(18)12(17)10(3)22-15/h6,8-10,12-15,17-19H,4-5,7H2,1-3H3/b8-6+/t9-,10+,12?,13-,14-,15?/m1/s1. The molecule has 0 aliphatic carbocycles. The predicted octanol–water partition coefficient (Wildman–Crippen LogP) is 0.118. The molecular formula is C15H26O7. The Kier molecular flexibility index (Phi) is 7.98. The highest BCUT2D eigenvalue weighted by Crippen LogP contribution is 2.23. The van der Waals surface area contributed by atoms with Crippen LogP contribution in [-0.2, 0) is 19.0 Å². The van der Waals surface area contributed by atoms with Crippen LogP contribution in [0.15, 0.2) is 12.2 Å². The lowest BCUT2D eigenvalue weighted by Gasteiger charge is -2.39. The third-order valence-corrected chi connectivity index (χ3v) is 3.46. The molecule has 6 atom stereocenters. The minimum atomic E-state index is -1.30. The second kappa shape index (κ2) is 9.22. The summed E-state index contributed by atoms with van der Waals surface area (Å²) in [6.45, 7) is 5.48. The summed E-state index contributed by atoms with van der Waals surface area (Å²) in [7, 11) is 0. The van der Waals surface area contributed by atoms with Crippen LogP contribution in [0.5, 0.6) is 0 Å². The van der Waals surface area contributed by atoms with Gasteiger partial charge in [-0.1, -0.05) is 6.08 Å². The number of allylic oxidation sites excluding steroid dienone is 1. The molecule has 128 valence electrons. The molecule has 0 aromatic rings. The molecule has 0 bridgehead atoms. The number of carbonyl (C=O) groups is 1. The molecular weight excluding hydrogens is 292 g/mol. The van der Waals surface area contributed by atoms with Gasteiger partial charge in [0.1, 0.15) is 18.3 Å².